The lowest BCUT2D eigenvalue weighted by Gasteiger charge is -2.29. The molecule has 0 fully saturated rings. The number of amides is 1. The zero-order chi connectivity index (χ0) is 21.9. The molecular weight excluding hydrogens is 378 g/mol. The van der Waals surface area contributed by atoms with E-state index in [9.17, 15) is 9.59 Å². The highest BCUT2D eigenvalue weighted by Gasteiger charge is 2.27. The summed E-state index contributed by atoms with van der Waals surface area (Å²) in [5.74, 6) is -0.488. The number of carbonyl (C=O) groups is 2. The van der Waals surface area contributed by atoms with Gasteiger partial charge in [-0.05, 0) is 49.9 Å². The quantitative estimate of drug-likeness (QED) is 0.344. The molecule has 0 bridgehead atoms. The normalized spacial score (nSPS) is 14.0. The minimum Gasteiger partial charge on any atom is -0.459 e. The summed E-state index contributed by atoms with van der Waals surface area (Å²) in [6.45, 7) is 5.89. The number of nitrogens with one attached hydrogen (secondary N) is 1. The topological polar surface area (TPSA) is 96.5 Å². The van der Waals surface area contributed by atoms with E-state index in [0.29, 0.717) is 24.1 Å². The molecule has 0 aromatic heterocycles. The van der Waals surface area contributed by atoms with Crippen molar-refractivity contribution in [3.8, 4) is 0 Å². The highest BCUT2D eigenvalue weighted by molar-refractivity contribution is 5.98. The minimum absolute atomic E-state index is 0.0343. The smallest absolute Gasteiger partial charge is 0.326 e. The van der Waals surface area contributed by atoms with Crippen LogP contribution in [0.1, 0.15) is 53.4 Å². The van der Waals surface area contributed by atoms with Crippen LogP contribution in [-0.2, 0) is 16.0 Å². The van der Waals surface area contributed by atoms with Crippen LogP contribution >= 0.6 is 0 Å². The number of hydrogen-bond donors (Lipinski definition) is 2. The van der Waals surface area contributed by atoms with Gasteiger partial charge in [-0.3, -0.25) is 15.0 Å². The van der Waals surface area contributed by atoms with Crippen LogP contribution in [0.5, 0.6) is 0 Å². The van der Waals surface area contributed by atoms with Crippen LogP contribution in [-0.4, -0.2) is 41.3 Å². The summed E-state index contributed by atoms with van der Waals surface area (Å²) in [6, 6.07) is 13.2. The summed E-state index contributed by atoms with van der Waals surface area (Å²) in [6.07, 6.45) is 4.66. The van der Waals surface area contributed by atoms with Gasteiger partial charge in [-0.15, -0.1) is 0 Å². The fourth-order valence-electron chi connectivity index (χ4n) is 3.31. The molecule has 0 aliphatic carbocycles. The molecule has 0 spiro atoms. The molecule has 1 aliphatic rings. The third-order valence-corrected chi connectivity index (χ3v) is 4.73. The molecule has 156 valence electrons. The lowest BCUT2D eigenvalue weighted by atomic mass is 9.96. The fraction of sp³-hybridized carbons (Fsp3) is 0.292. The lowest BCUT2D eigenvalue weighted by Crippen LogP contribution is -2.42. The number of ether oxygens (including phenoxy) is 1. The molecule has 30 heavy (non-hydrogen) atoms. The van der Waals surface area contributed by atoms with Gasteiger partial charge < -0.3 is 15.4 Å². The molecule has 1 aliphatic heterocycles. The van der Waals surface area contributed by atoms with Gasteiger partial charge in [0, 0.05) is 17.7 Å². The second kappa shape index (κ2) is 8.53. The summed E-state index contributed by atoms with van der Waals surface area (Å²) < 4.78 is 5.33. The van der Waals surface area contributed by atoms with Crippen molar-refractivity contribution in [1.29, 1.82) is 5.41 Å². The van der Waals surface area contributed by atoms with Crippen molar-refractivity contribution in [3.05, 3.63) is 70.3 Å². The van der Waals surface area contributed by atoms with E-state index in [4.69, 9.17) is 15.9 Å². The molecule has 0 saturated heterocycles. The van der Waals surface area contributed by atoms with E-state index in [1.165, 1.54) is 0 Å². The molecular formula is C24H27N3O3. The third kappa shape index (κ3) is 5.35. The Morgan fingerprint density at radius 1 is 1.13 bits per heavy atom. The zero-order valence-electron chi connectivity index (χ0n) is 17.6. The summed E-state index contributed by atoms with van der Waals surface area (Å²) in [5, 5.41) is 7.44. The Morgan fingerprint density at radius 3 is 2.40 bits per heavy atom. The van der Waals surface area contributed by atoms with E-state index in [1.807, 2.05) is 75.4 Å². The van der Waals surface area contributed by atoms with E-state index in [0.717, 1.165) is 16.7 Å². The summed E-state index contributed by atoms with van der Waals surface area (Å²) in [4.78, 5) is 26.4. The first kappa shape index (κ1) is 21.3. The Balaban J connectivity index is 1.69. The number of amidine groups is 1. The molecule has 2 aromatic rings. The van der Waals surface area contributed by atoms with E-state index >= 15 is 0 Å². The standard InChI is InChI=1S/C24H27N3O3/c1-24(2,3)30-21(28)15-27-13-12-19-14-17(8-11-20(19)23(27)29)5-4-16-6-9-18(10-7-16)22(25)26/h4-11,14H,12-13,15H2,1-3H3,(H3,25,26)/b5-4+. The number of carbonyl (C=O) groups excluding carboxylic acids is 2. The van der Waals surface area contributed by atoms with Crippen molar-refractivity contribution in [3.63, 3.8) is 0 Å². The average Bonchev–Trinajstić information content (AvgIpc) is 2.67. The molecule has 0 atom stereocenters. The van der Waals surface area contributed by atoms with Crippen molar-refractivity contribution < 1.29 is 14.3 Å². The van der Waals surface area contributed by atoms with Crippen molar-refractivity contribution in [2.24, 2.45) is 5.73 Å². The molecule has 0 saturated carbocycles. The van der Waals surface area contributed by atoms with Gasteiger partial charge in [0.2, 0.25) is 0 Å². The van der Waals surface area contributed by atoms with Crippen LogP contribution in [0.25, 0.3) is 12.2 Å². The van der Waals surface area contributed by atoms with Gasteiger partial charge in [-0.1, -0.05) is 48.6 Å². The molecule has 3 N–H and O–H groups in total. The van der Waals surface area contributed by atoms with E-state index in [-0.39, 0.29) is 18.3 Å². The Bertz CT molecular complexity index is 1000. The number of benzene rings is 2. The second-order valence-electron chi connectivity index (χ2n) is 8.35. The number of hydrogen-bond acceptors (Lipinski definition) is 4. The van der Waals surface area contributed by atoms with Crippen molar-refractivity contribution in [2.45, 2.75) is 32.8 Å². The molecule has 1 amide bonds. The Morgan fingerprint density at radius 2 is 1.77 bits per heavy atom. The third-order valence-electron chi connectivity index (χ3n) is 4.73. The van der Waals surface area contributed by atoms with Crippen LogP contribution < -0.4 is 5.73 Å². The highest BCUT2D eigenvalue weighted by atomic mass is 16.6. The van der Waals surface area contributed by atoms with E-state index in [1.54, 1.807) is 4.90 Å². The monoisotopic (exact) mass is 405 g/mol. The minimum atomic E-state index is -0.568. The number of nitrogens with zero attached hydrogens (tertiary/aromatic N) is 1. The molecule has 3 rings (SSSR count). The van der Waals surface area contributed by atoms with Crippen LogP contribution in [0.3, 0.4) is 0 Å². The molecule has 6 heteroatoms. The van der Waals surface area contributed by atoms with Gasteiger partial charge in [0.25, 0.3) is 5.91 Å². The number of fused-ring (bicyclic) bond motifs is 1. The maximum Gasteiger partial charge on any atom is 0.326 e. The van der Waals surface area contributed by atoms with E-state index in [2.05, 4.69) is 0 Å². The van der Waals surface area contributed by atoms with Crippen LogP contribution in [0, 0.1) is 5.41 Å². The maximum absolute atomic E-state index is 12.8. The number of nitrogens with two attached hydrogens (primary N) is 1. The van der Waals surface area contributed by atoms with Gasteiger partial charge >= 0.3 is 5.97 Å². The predicted molar refractivity (Wildman–Crippen MR) is 118 cm³/mol. The number of nitrogen functional groups attached to an aromatic ring is 1. The number of rotatable bonds is 5. The lowest BCUT2D eigenvalue weighted by molar-refractivity contribution is -0.155. The molecule has 2 aromatic carbocycles. The first-order valence-electron chi connectivity index (χ1n) is 9.89. The molecule has 1 heterocycles. The van der Waals surface area contributed by atoms with Gasteiger partial charge in [0.05, 0.1) is 0 Å². The van der Waals surface area contributed by atoms with Crippen molar-refractivity contribution >= 4 is 29.9 Å². The summed E-state index contributed by atoms with van der Waals surface area (Å²) in [5.41, 5.74) is 9.21. The van der Waals surface area contributed by atoms with Gasteiger partial charge in [0.1, 0.15) is 18.0 Å². The van der Waals surface area contributed by atoms with Crippen molar-refractivity contribution in [2.75, 3.05) is 13.1 Å². The largest absolute Gasteiger partial charge is 0.459 e. The van der Waals surface area contributed by atoms with Crippen LogP contribution in [0.2, 0.25) is 0 Å². The first-order valence-corrected chi connectivity index (χ1v) is 9.89. The molecule has 0 radical (unpaired) electrons. The Labute approximate surface area is 176 Å². The van der Waals surface area contributed by atoms with Gasteiger partial charge in [-0.2, -0.15) is 0 Å². The fourth-order valence-corrected chi connectivity index (χ4v) is 3.31. The maximum atomic E-state index is 12.8. The SMILES string of the molecule is CC(C)(C)OC(=O)CN1CCc2cc(/C=C/c3ccc(C(=N)N)cc3)ccc2C1=O. The molecule has 6 nitrogen and oxygen atoms in total. The molecule has 0 unspecified atom stereocenters. The Hall–Kier alpha value is -3.41. The van der Waals surface area contributed by atoms with Crippen LogP contribution in [0.15, 0.2) is 42.5 Å². The summed E-state index contributed by atoms with van der Waals surface area (Å²) in [7, 11) is 0. The highest BCUT2D eigenvalue weighted by Crippen LogP contribution is 2.22. The van der Waals surface area contributed by atoms with Gasteiger partial charge in [-0.25, -0.2) is 0 Å². The summed E-state index contributed by atoms with van der Waals surface area (Å²) >= 11 is 0. The predicted octanol–water partition coefficient (Wildman–Crippen LogP) is 3.48. The van der Waals surface area contributed by atoms with Crippen molar-refractivity contribution in [1.82, 2.24) is 4.90 Å². The first-order chi connectivity index (χ1) is 14.1. The Kier molecular flexibility index (Phi) is 6.06. The average molecular weight is 405 g/mol. The second-order valence-corrected chi connectivity index (χ2v) is 8.35. The van der Waals surface area contributed by atoms with Crippen LogP contribution in [0.4, 0.5) is 0 Å². The van der Waals surface area contributed by atoms with Gasteiger partial charge in [0.15, 0.2) is 0 Å². The number of esters is 1. The van der Waals surface area contributed by atoms with E-state index < -0.39 is 11.6 Å². The zero-order valence-corrected chi connectivity index (χ0v) is 17.6.